The van der Waals surface area contributed by atoms with Gasteiger partial charge in [-0.05, 0) is 114 Å². The summed E-state index contributed by atoms with van der Waals surface area (Å²) < 4.78 is 6.00. The molecule has 0 atom stereocenters. The van der Waals surface area contributed by atoms with Gasteiger partial charge in [-0.15, -0.1) is 0 Å². The van der Waals surface area contributed by atoms with Crippen molar-refractivity contribution in [3.63, 3.8) is 0 Å². The molecule has 196 valence electrons. The summed E-state index contributed by atoms with van der Waals surface area (Å²) in [5.41, 5.74) is 4.21. The van der Waals surface area contributed by atoms with Crippen LogP contribution in [0.15, 0.2) is 47.6 Å². The number of hydrazone groups is 1. The Kier molecular flexibility index (Phi) is 6.86. The highest BCUT2D eigenvalue weighted by Gasteiger charge is 2.52. The second-order valence-corrected chi connectivity index (χ2v) is 11.6. The minimum Gasteiger partial charge on any atom is -0.478 e. The highest BCUT2D eigenvalue weighted by molar-refractivity contribution is 6.19. The maximum absolute atomic E-state index is 13.6. The second-order valence-electron chi connectivity index (χ2n) is 11.6. The Hall–Kier alpha value is -3.15. The fraction of sp³-hybridized carbons (Fsp3) is 0.516. The minimum absolute atomic E-state index is 0.0679. The normalized spacial score (nSPS) is 18.9. The molecule has 1 aliphatic heterocycles. The van der Waals surface area contributed by atoms with Gasteiger partial charge in [-0.3, -0.25) is 9.59 Å². The van der Waals surface area contributed by atoms with Crippen LogP contribution in [-0.2, 0) is 16.0 Å². The van der Waals surface area contributed by atoms with E-state index < -0.39 is 11.0 Å². The van der Waals surface area contributed by atoms with Gasteiger partial charge in [0.25, 0.3) is 11.8 Å². The zero-order valence-electron chi connectivity index (χ0n) is 22.6. The summed E-state index contributed by atoms with van der Waals surface area (Å²) in [5, 5.41) is 9.60. The molecule has 0 aromatic heterocycles. The van der Waals surface area contributed by atoms with Crippen LogP contribution in [0.25, 0.3) is 0 Å². The van der Waals surface area contributed by atoms with Gasteiger partial charge >= 0.3 is 0 Å². The summed E-state index contributed by atoms with van der Waals surface area (Å²) in [7, 11) is 0. The van der Waals surface area contributed by atoms with Crippen LogP contribution < -0.4 is 15.1 Å². The predicted octanol–water partition coefficient (Wildman–Crippen LogP) is 6.03. The Labute approximate surface area is 220 Å². The van der Waals surface area contributed by atoms with Gasteiger partial charge in [-0.25, -0.2) is 0 Å². The molecule has 6 nitrogen and oxygen atoms in total. The molecule has 0 bridgehead atoms. The number of nitrogens with zero attached hydrogens (tertiary/aromatic N) is 2. The largest absolute Gasteiger partial charge is 0.478 e. The first-order valence-electron chi connectivity index (χ1n) is 13.8. The second kappa shape index (κ2) is 9.96. The van der Waals surface area contributed by atoms with Crippen molar-refractivity contribution in [1.82, 2.24) is 5.32 Å². The predicted molar refractivity (Wildman–Crippen MR) is 147 cm³/mol. The number of carbonyl (C=O) groups excluding carboxylic acids is 2. The maximum Gasteiger partial charge on any atom is 0.263 e. The molecule has 3 aliphatic rings. The van der Waals surface area contributed by atoms with Gasteiger partial charge in [0.2, 0.25) is 0 Å². The van der Waals surface area contributed by atoms with Crippen molar-refractivity contribution in [2.24, 2.45) is 10.5 Å². The molecular formula is C31H39N3O3. The number of ether oxygens (including phenoxy) is 1. The lowest BCUT2D eigenvalue weighted by Gasteiger charge is -2.25. The monoisotopic (exact) mass is 501 g/mol. The smallest absolute Gasteiger partial charge is 0.263 e. The number of anilines is 1. The number of carbonyl (C=O) groups is 2. The maximum atomic E-state index is 13.6. The highest BCUT2D eigenvalue weighted by Crippen LogP contribution is 2.47. The Balaban J connectivity index is 1.21. The molecule has 0 unspecified atom stereocenters. The van der Waals surface area contributed by atoms with Crippen molar-refractivity contribution in [1.29, 1.82) is 0 Å². The van der Waals surface area contributed by atoms with Crippen LogP contribution >= 0.6 is 0 Å². The lowest BCUT2D eigenvalue weighted by Crippen LogP contribution is -2.47. The van der Waals surface area contributed by atoms with E-state index in [0.717, 1.165) is 69.2 Å². The molecule has 2 amide bonds. The third-order valence-corrected chi connectivity index (χ3v) is 8.20. The first-order valence-corrected chi connectivity index (χ1v) is 13.8. The number of rotatable bonds is 9. The molecule has 2 aromatic carbocycles. The first-order chi connectivity index (χ1) is 17.7. The summed E-state index contributed by atoms with van der Waals surface area (Å²) in [5.74, 6) is 0.777. The SMILES string of the molecule is Cc1ccc(N2N=C(CCCc3ccc(OC(C)(C)C(=O)NC4CC4)cc3)C3(CCCC3)C2=O)cc1C. The van der Waals surface area contributed by atoms with E-state index in [9.17, 15) is 9.59 Å². The Morgan fingerprint density at radius 3 is 2.41 bits per heavy atom. The fourth-order valence-electron chi connectivity index (χ4n) is 5.50. The molecule has 2 aromatic rings. The van der Waals surface area contributed by atoms with E-state index in [4.69, 9.17) is 9.84 Å². The molecule has 1 N–H and O–H groups in total. The van der Waals surface area contributed by atoms with E-state index in [1.165, 1.54) is 16.7 Å². The van der Waals surface area contributed by atoms with Gasteiger partial charge in [0, 0.05) is 6.04 Å². The van der Waals surface area contributed by atoms with Crippen LogP contribution in [-0.4, -0.2) is 29.2 Å². The standard InChI is InChI=1S/C31H39N3O3/c1-21-10-15-25(20-22(21)2)34-29(36)31(18-5-6-19-31)27(33-34)9-7-8-23-11-16-26(17-12-23)37-30(3,4)28(35)32-24-13-14-24/h10-12,15-17,20,24H,5-9,13-14,18-19H2,1-4H3,(H,32,35). The van der Waals surface area contributed by atoms with Crippen molar-refractivity contribution in [2.45, 2.75) is 97.1 Å². The van der Waals surface area contributed by atoms with Crippen molar-refractivity contribution in [3.05, 3.63) is 59.2 Å². The van der Waals surface area contributed by atoms with E-state index in [-0.39, 0.29) is 11.8 Å². The Morgan fingerprint density at radius 1 is 1.05 bits per heavy atom. The minimum atomic E-state index is -0.908. The lowest BCUT2D eigenvalue weighted by molar-refractivity contribution is -0.134. The van der Waals surface area contributed by atoms with Crippen molar-refractivity contribution >= 4 is 23.2 Å². The number of amides is 2. The van der Waals surface area contributed by atoms with Gasteiger partial charge in [0.1, 0.15) is 5.75 Å². The average molecular weight is 502 g/mol. The number of hydrogen-bond acceptors (Lipinski definition) is 4. The molecule has 6 heteroatoms. The topological polar surface area (TPSA) is 71.0 Å². The third-order valence-electron chi connectivity index (χ3n) is 8.20. The molecule has 0 radical (unpaired) electrons. The molecule has 1 spiro atoms. The van der Waals surface area contributed by atoms with Crippen molar-refractivity contribution < 1.29 is 14.3 Å². The van der Waals surface area contributed by atoms with E-state index in [1.807, 2.05) is 32.0 Å². The molecule has 2 saturated carbocycles. The lowest BCUT2D eigenvalue weighted by atomic mass is 9.78. The summed E-state index contributed by atoms with van der Waals surface area (Å²) in [6.07, 6.45) is 8.75. The van der Waals surface area contributed by atoms with Crippen LogP contribution in [0.4, 0.5) is 5.69 Å². The van der Waals surface area contributed by atoms with Crippen LogP contribution in [0, 0.1) is 19.3 Å². The average Bonchev–Trinajstić information content (AvgIpc) is 3.47. The summed E-state index contributed by atoms with van der Waals surface area (Å²) >= 11 is 0. The number of hydrogen-bond donors (Lipinski definition) is 1. The Morgan fingerprint density at radius 2 is 1.76 bits per heavy atom. The quantitative estimate of drug-likeness (QED) is 0.456. The molecule has 0 saturated heterocycles. The fourth-order valence-corrected chi connectivity index (χ4v) is 5.50. The number of aryl methyl sites for hydroxylation is 3. The number of nitrogens with one attached hydrogen (secondary N) is 1. The van der Waals surface area contributed by atoms with Crippen LogP contribution in [0.3, 0.4) is 0 Å². The van der Waals surface area contributed by atoms with Crippen LogP contribution in [0.1, 0.15) is 81.9 Å². The molecule has 2 aliphatic carbocycles. The Bertz CT molecular complexity index is 1200. The van der Waals surface area contributed by atoms with E-state index in [0.29, 0.717) is 11.8 Å². The third kappa shape index (κ3) is 5.29. The summed E-state index contributed by atoms with van der Waals surface area (Å²) in [6.45, 7) is 7.78. The highest BCUT2D eigenvalue weighted by atomic mass is 16.5. The van der Waals surface area contributed by atoms with Gasteiger partial charge in [0.05, 0.1) is 16.8 Å². The van der Waals surface area contributed by atoms with Gasteiger partial charge in [-0.2, -0.15) is 10.1 Å². The summed E-state index contributed by atoms with van der Waals surface area (Å²) in [4.78, 5) is 26.1. The molecule has 1 heterocycles. The molecular weight excluding hydrogens is 462 g/mol. The van der Waals surface area contributed by atoms with Gasteiger partial charge in [-0.1, -0.05) is 31.0 Å². The molecule has 5 rings (SSSR count). The summed E-state index contributed by atoms with van der Waals surface area (Å²) in [6, 6.07) is 14.5. The van der Waals surface area contributed by atoms with Gasteiger partial charge < -0.3 is 10.1 Å². The van der Waals surface area contributed by atoms with E-state index >= 15 is 0 Å². The van der Waals surface area contributed by atoms with E-state index in [1.54, 1.807) is 5.01 Å². The zero-order valence-corrected chi connectivity index (χ0v) is 22.6. The molecule has 2 fully saturated rings. The first kappa shape index (κ1) is 25.5. The van der Waals surface area contributed by atoms with Crippen LogP contribution in [0.2, 0.25) is 0 Å². The van der Waals surface area contributed by atoms with Gasteiger partial charge in [0.15, 0.2) is 5.60 Å². The van der Waals surface area contributed by atoms with E-state index in [2.05, 4.69) is 43.4 Å². The van der Waals surface area contributed by atoms with Crippen molar-refractivity contribution in [2.75, 3.05) is 5.01 Å². The zero-order chi connectivity index (χ0) is 26.2. The molecule has 37 heavy (non-hydrogen) atoms. The number of benzene rings is 2. The van der Waals surface area contributed by atoms with Crippen LogP contribution in [0.5, 0.6) is 5.75 Å². The van der Waals surface area contributed by atoms with Crippen molar-refractivity contribution in [3.8, 4) is 5.75 Å².